The Kier molecular flexibility index (Phi) is 2.56. The van der Waals surface area contributed by atoms with E-state index in [0.29, 0.717) is 0 Å². The molecular formula is C12H10BrNOS. The number of halogens is 1. The van der Waals surface area contributed by atoms with Gasteiger partial charge in [0.25, 0.3) is 5.56 Å². The van der Waals surface area contributed by atoms with Gasteiger partial charge < -0.3 is 4.57 Å². The second-order valence-electron chi connectivity index (χ2n) is 3.79. The topological polar surface area (TPSA) is 22.0 Å². The molecule has 0 saturated carbocycles. The predicted octanol–water partition coefficient (Wildman–Crippen LogP) is 3.00. The number of rotatable bonds is 1. The first-order valence-corrected chi connectivity index (χ1v) is 7.26. The van der Waals surface area contributed by atoms with Gasteiger partial charge in [-0.05, 0) is 11.6 Å². The summed E-state index contributed by atoms with van der Waals surface area (Å²) in [6.45, 7) is 0.819. The van der Waals surface area contributed by atoms with Crippen LogP contribution in [0.15, 0.2) is 34.0 Å². The third kappa shape index (κ3) is 1.44. The van der Waals surface area contributed by atoms with Gasteiger partial charge in [0.1, 0.15) is 0 Å². The molecule has 0 fully saturated rings. The lowest BCUT2D eigenvalue weighted by atomic mass is 10.1. The summed E-state index contributed by atoms with van der Waals surface area (Å²) in [5, 5.41) is 1.93. The number of pyridine rings is 1. The molecule has 16 heavy (non-hydrogen) atoms. The Morgan fingerprint density at radius 2 is 2.31 bits per heavy atom. The van der Waals surface area contributed by atoms with Gasteiger partial charge in [-0.25, -0.2) is 0 Å². The van der Waals surface area contributed by atoms with Crippen LogP contribution in [-0.4, -0.2) is 10.3 Å². The van der Waals surface area contributed by atoms with E-state index in [4.69, 9.17) is 0 Å². The Bertz CT molecular complexity index is 620. The predicted molar refractivity (Wildman–Crippen MR) is 71.6 cm³/mol. The molecule has 82 valence electrons. The van der Waals surface area contributed by atoms with Gasteiger partial charge in [0.05, 0.1) is 5.52 Å². The zero-order valence-corrected chi connectivity index (χ0v) is 11.0. The standard InChI is InChI=1S/C12H10BrNOS/c13-7-8-6-11(15)14-4-5-16-10-3-1-2-9(8)12(10)14/h1-3,6H,4-5,7H2. The molecule has 0 radical (unpaired) electrons. The highest BCUT2D eigenvalue weighted by atomic mass is 79.9. The number of hydrogen-bond donors (Lipinski definition) is 0. The van der Waals surface area contributed by atoms with Crippen molar-refractivity contribution in [2.45, 2.75) is 16.8 Å². The monoisotopic (exact) mass is 295 g/mol. The molecule has 2 nitrogen and oxygen atoms in total. The molecule has 1 aliphatic heterocycles. The first-order chi connectivity index (χ1) is 7.81. The number of aromatic nitrogens is 1. The molecule has 2 aromatic rings. The van der Waals surface area contributed by atoms with Crippen LogP contribution in [0.1, 0.15) is 5.56 Å². The average Bonchev–Trinajstić information content (AvgIpc) is 2.33. The fourth-order valence-corrected chi connectivity index (χ4v) is 3.66. The summed E-state index contributed by atoms with van der Waals surface area (Å²) >= 11 is 5.28. The van der Waals surface area contributed by atoms with E-state index in [1.165, 1.54) is 10.3 Å². The Labute approximate surface area is 106 Å². The first-order valence-electron chi connectivity index (χ1n) is 5.15. The van der Waals surface area contributed by atoms with Gasteiger partial charge in [0, 0.05) is 34.0 Å². The summed E-state index contributed by atoms with van der Waals surface area (Å²) in [5.41, 5.74) is 2.32. The van der Waals surface area contributed by atoms with E-state index in [9.17, 15) is 4.79 Å². The Morgan fingerprint density at radius 1 is 1.44 bits per heavy atom. The molecule has 1 aromatic heterocycles. The number of nitrogens with zero attached hydrogens (tertiary/aromatic N) is 1. The molecule has 0 saturated heterocycles. The van der Waals surface area contributed by atoms with E-state index in [1.807, 2.05) is 16.3 Å². The molecule has 0 N–H and O–H groups in total. The van der Waals surface area contributed by atoms with Crippen LogP contribution in [-0.2, 0) is 11.9 Å². The van der Waals surface area contributed by atoms with E-state index in [1.54, 1.807) is 6.07 Å². The number of benzene rings is 1. The Balaban J connectivity index is 2.53. The van der Waals surface area contributed by atoms with E-state index in [2.05, 4.69) is 34.1 Å². The van der Waals surface area contributed by atoms with Crippen LogP contribution in [0.5, 0.6) is 0 Å². The van der Waals surface area contributed by atoms with Crippen LogP contribution < -0.4 is 5.56 Å². The molecule has 1 aliphatic rings. The molecule has 0 spiro atoms. The maximum Gasteiger partial charge on any atom is 0.251 e. The third-order valence-electron chi connectivity index (χ3n) is 2.90. The van der Waals surface area contributed by atoms with E-state index in [0.717, 1.165) is 28.7 Å². The Hall–Kier alpha value is -0.740. The van der Waals surface area contributed by atoms with Crippen LogP contribution in [0.25, 0.3) is 10.9 Å². The lowest BCUT2D eigenvalue weighted by molar-refractivity contribution is 0.752. The highest BCUT2D eigenvalue weighted by Crippen LogP contribution is 2.32. The van der Waals surface area contributed by atoms with Crippen molar-refractivity contribution < 1.29 is 0 Å². The summed E-state index contributed by atoms with van der Waals surface area (Å²) < 4.78 is 1.90. The highest BCUT2D eigenvalue weighted by Gasteiger charge is 2.15. The molecule has 4 heteroatoms. The molecule has 0 aliphatic carbocycles. The van der Waals surface area contributed by atoms with E-state index >= 15 is 0 Å². The second-order valence-corrected chi connectivity index (χ2v) is 5.49. The van der Waals surface area contributed by atoms with Crippen LogP contribution in [0.4, 0.5) is 0 Å². The molecule has 1 aromatic carbocycles. The van der Waals surface area contributed by atoms with Crippen molar-refractivity contribution in [3.05, 3.63) is 40.2 Å². The van der Waals surface area contributed by atoms with Gasteiger partial charge in [-0.15, -0.1) is 11.8 Å². The van der Waals surface area contributed by atoms with Crippen molar-refractivity contribution in [3.63, 3.8) is 0 Å². The maximum atomic E-state index is 12.0. The minimum atomic E-state index is 0.120. The SMILES string of the molecule is O=c1cc(CBr)c2cccc3c2n1CCS3. The third-order valence-corrected chi connectivity index (χ3v) is 4.53. The van der Waals surface area contributed by atoms with Crippen molar-refractivity contribution in [3.8, 4) is 0 Å². The lowest BCUT2D eigenvalue weighted by Crippen LogP contribution is -2.24. The minimum Gasteiger partial charge on any atom is -0.306 e. The number of alkyl halides is 1. The van der Waals surface area contributed by atoms with E-state index in [-0.39, 0.29) is 5.56 Å². The molecular weight excluding hydrogens is 286 g/mol. The molecule has 2 heterocycles. The quantitative estimate of drug-likeness (QED) is 0.755. The van der Waals surface area contributed by atoms with Gasteiger partial charge in [0.2, 0.25) is 0 Å². The number of aryl methyl sites for hydroxylation is 1. The second kappa shape index (κ2) is 3.93. The molecule has 3 rings (SSSR count). The number of hydrogen-bond acceptors (Lipinski definition) is 2. The van der Waals surface area contributed by atoms with Crippen LogP contribution in [0.2, 0.25) is 0 Å². The van der Waals surface area contributed by atoms with Crippen LogP contribution in [0, 0.1) is 0 Å². The smallest absolute Gasteiger partial charge is 0.251 e. The number of para-hydroxylation sites is 1. The fourth-order valence-electron chi connectivity index (χ4n) is 2.17. The van der Waals surface area contributed by atoms with Gasteiger partial charge in [-0.2, -0.15) is 0 Å². The largest absolute Gasteiger partial charge is 0.306 e. The fraction of sp³-hybridized carbons (Fsp3) is 0.250. The van der Waals surface area contributed by atoms with Gasteiger partial charge in [0.15, 0.2) is 0 Å². The summed E-state index contributed by atoms with van der Waals surface area (Å²) in [6, 6.07) is 8.01. The lowest BCUT2D eigenvalue weighted by Gasteiger charge is -2.19. The van der Waals surface area contributed by atoms with Crippen LogP contribution >= 0.6 is 27.7 Å². The van der Waals surface area contributed by atoms with E-state index < -0.39 is 0 Å². The number of thioether (sulfide) groups is 1. The molecule has 0 atom stereocenters. The molecule has 0 bridgehead atoms. The summed E-state index contributed by atoms with van der Waals surface area (Å²) in [4.78, 5) is 13.2. The van der Waals surface area contributed by atoms with Crippen molar-refractivity contribution in [2.24, 2.45) is 0 Å². The normalized spacial score (nSPS) is 14.3. The van der Waals surface area contributed by atoms with Crippen molar-refractivity contribution in [1.29, 1.82) is 0 Å². The van der Waals surface area contributed by atoms with Crippen molar-refractivity contribution >= 4 is 38.6 Å². The summed E-state index contributed by atoms with van der Waals surface area (Å²) in [6.07, 6.45) is 0. The van der Waals surface area contributed by atoms with Crippen molar-refractivity contribution in [2.75, 3.05) is 5.75 Å². The van der Waals surface area contributed by atoms with Gasteiger partial charge in [-0.3, -0.25) is 4.79 Å². The van der Waals surface area contributed by atoms with Crippen LogP contribution in [0.3, 0.4) is 0 Å². The zero-order chi connectivity index (χ0) is 11.1. The first kappa shape index (κ1) is 10.4. The van der Waals surface area contributed by atoms with Gasteiger partial charge >= 0.3 is 0 Å². The summed E-state index contributed by atoms with van der Waals surface area (Å²) in [7, 11) is 0. The zero-order valence-electron chi connectivity index (χ0n) is 8.57. The Morgan fingerprint density at radius 3 is 3.12 bits per heavy atom. The minimum absolute atomic E-state index is 0.120. The average molecular weight is 296 g/mol. The molecule has 0 unspecified atom stereocenters. The summed E-state index contributed by atoms with van der Waals surface area (Å²) in [5.74, 6) is 0.986. The maximum absolute atomic E-state index is 12.0. The van der Waals surface area contributed by atoms with Crippen molar-refractivity contribution in [1.82, 2.24) is 4.57 Å². The highest BCUT2D eigenvalue weighted by molar-refractivity contribution is 9.08. The van der Waals surface area contributed by atoms with Gasteiger partial charge in [-0.1, -0.05) is 28.1 Å². The molecule has 0 amide bonds.